The highest BCUT2D eigenvalue weighted by Gasteiger charge is 2.42. The van der Waals surface area contributed by atoms with Gasteiger partial charge in [-0.25, -0.2) is 0 Å². The number of benzene rings is 1. The van der Waals surface area contributed by atoms with E-state index in [2.05, 4.69) is 10.6 Å². The highest BCUT2D eigenvalue weighted by Crippen LogP contribution is 2.37. The minimum Gasteiger partial charge on any atom is -0.353 e. The highest BCUT2D eigenvalue weighted by molar-refractivity contribution is 6.30. The molecule has 3 atom stereocenters. The number of hydrogen-bond acceptors (Lipinski definition) is 2. The van der Waals surface area contributed by atoms with Crippen molar-refractivity contribution >= 4 is 23.4 Å². The molecule has 26 heavy (non-hydrogen) atoms. The monoisotopic (exact) mass is 390 g/mol. The number of alkyl halides is 3. The molecule has 0 heterocycles. The lowest BCUT2D eigenvalue weighted by Crippen LogP contribution is -2.42. The summed E-state index contributed by atoms with van der Waals surface area (Å²) in [6.45, 7) is 1.34. The lowest BCUT2D eigenvalue weighted by molar-refractivity contribution is -0.184. The van der Waals surface area contributed by atoms with Crippen LogP contribution in [0.2, 0.25) is 5.02 Å². The van der Waals surface area contributed by atoms with Crippen LogP contribution in [0.15, 0.2) is 24.3 Å². The molecular weight excluding hydrogens is 369 g/mol. The molecule has 1 fully saturated rings. The number of halogens is 4. The van der Waals surface area contributed by atoms with Crippen molar-refractivity contribution in [3.63, 3.8) is 0 Å². The average molecular weight is 391 g/mol. The van der Waals surface area contributed by atoms with E-state index in [1.165, 1.54) is 6.92 Å². The van der Waals surface area contributed by atoms with E-state index < -0.39 is 24.2 Å². The minimum atomic E-state index is -4.23. The Morgan fingerprint density at radius 3 is 2.46 bits per heavy atom. The minimum absolute atomic E-state index is 0.0472. The van der Waals surface area contributed by atoms with Gasteiger partial charge in [0.05, 0.1) is 18.4 Å². The summed E-state index contributed by atoms with van der Waals surface area (Å²) in [5, 5.41) is 5.91. The Bertz CT molecular complexity index is 634. The molecule has 0 saturated heterocycles. The molecular formula is C18H22ClF3N2O2. The van der Waals surface area contributed by atoms with E-state index >= 15 is 0 Å². The Kier molecular flexibility index (Phi) is 6.92. The molecule has 2 amide bonds. The fourth-order valence-electron chi connectivity index (χ4n) is 3.28. The second-order valence-electron chi connectivity index (χ2n) is 6.68. The standard InChI is InChI=1S/C18H22ClF3N2O2/c1-11(25)23-16(12-5-7-14(19)8-6-12)10-17(26)24-15-4-2-3-13(9-15)18(20,21)22/h5-8,13,15-16H,2-4,9-10H2,1H3,(H,23,25)(H,24,26). The number of rotatable bonds is 5. The molecule has 0 bridgehead atoms. The van der Waals surface area contributed by atoms with Crippen LogP contribution < -0.4 is 10.6 Å². The first-order valence-corrected chi connectivity index (χ1v) is 8.91. The zero-order valence-electron chi connectivity index (χ0n) is 14.4. The topological polar surface area (TPSA) is 58.2 Å². The SMILES string of the molecule is CC(=O)NC(CC(=O)NC1CCCC(C(F)(F)F)C1)c1ccc(Cl)cc1. The lowest BCUT2D eigenvalue weighted by Gasteiger charge is -2.31. The summed E-state index contributed by atoms with van der Waals surface area (Å²) in [5.41, 5.74) is 0.705. The van der Waals surface area contributed by atoms with Crippen molar-refractivity contribution in [3.8, 4) is 0 Å². The first-order valence-electron chi connectivity index (χ1n) is 8.54. The molecule has 0 aromatic heterocycles. The number of hydrogen-bond donors (Lipinski definition) is 2. The zero-order chi connectivity index (χ0) is 19.3. The Labute approximate surface area is 155 Å². The zero-order valence-corrected chi connectivity index (χ0v) is 15.2. The fourth-order valence-corrected chi connectivity index (χ4v) is 3.41. The summed E-state index contributed by atoms with van der Waals surface area (Å²) >= 11 is 5.85. The van der Waals surface area contributed by atoms with Crippen LogP contribution in [0.5, 0.6) is 0 Å². The van der Waals surface area contributed by atoms with Crippen LogP contribution in [0.1, 0.15) is 50.6 Å². The predicted octanol–water partition coefficient (Wildman–Crippen LogP) is 4.14. The molecule has 2 N–H and O–H groups in total. The van der Waals surface area contributed by atoms with Gasteiger partial charge in [0.15, 0.2) is 0 Å². The third kappa shape index (κ3) is 6.20. The number of carbonyl (C=O) groups is 2. The molecule has 1 aliphatic carbocycles. The van der Waals surface area contributed by atoms with Crippen LogP contribution in [-0.4, -0.2) is 24.0 Å². The van der Waals surface area contributed by atoms with E-state index in [0.717, 1.165) is 0 Å². The van der Waals surface area contributed by atoms with E-state index in [4.69, 9.17) is 11.6 Å². The van der Waals surface area contributed by atoms with Gasteiger partial charge >= 0.3 is 6.18 Å². The number of carbonyl (C=O) groups excluding carboxylic acids is 2. The van der Waals surface area contributed by atoms with Gasteiger partial charge in [-0.3, -0.25) is 9.59 Å². The van der Waals surface area contributed by atoms with Crippen molar-refractivity contribution in [1.82, 2.24) is 10.6 Å². The third-order valence-corrected chi connectivity index (χ3v) is 4.79. The maximum atomic E-state index is 12.9. The summed E-state index contributed by atoms with van der Waals surface area (Å²) in [6.07, 6.45) is -3.30. The van der Waals surface area contributed by atoms with E-state index in [-0.39, 0.29) is 31.1 Å². The average Bonchev–Trinajstić information content (AvgIpc) is 2.54. The van der Waals surface area contributed by atoms with E-state index in [1.54, 1.807) is 24.3 Å². The van der Waals surface area contributed by atoms with Crippen LogP contribution >= 0.6 is 11.6 Å². The molecule has 1 saturated carbocycles. The van der Waals surface area contributed by atoms with E-state index in [1.807, 2.05) is 0 Å². The summed E-state index contributed by atoms with van der Waals surface area (Å²) in [6, 6.07) is 5.66. The van der Waals surface area contributed by atoms with Crippen molar-refractivity contribution in [1.29, 1.82) is 0 Å². The summed E-state index contributed by atoms with van der Waals surface area (Å²) in [5.74, 6) is -2.05. The molecule has 0 spiro atoms. The van der Waals surface area contributed by atoms with Crippen LogP contribution in [-0.2, 0) is 9.59 Å². The lowest BCUT2D eigenvalue weighted by atomic mass is 9.85. The fraction of sp³-hybridized carbons (Fsp3) is 0.556. The van der Waals surface area contributed by atoms with Gasteiger partial charge in [-0.15, -0.1) is 0 Å². The Hall–Kier alpha value is -1.76. The quantitative estimate of drug-likeness (QED) is 0.793. The molecule has 144 valence electrons. The maximum absolute atomic E-state index is 12.9. The Morgan fingerprint density at radius 1 is 1.23 bits per heavy atom. The number of amides is 2. The van der Waals surface area contributed by atoms with Crippen molar-refractivity contribution in [2.75, 3.05) is 0 Å². The summed E-state index contributed by atoms with van der Waals surface area (Å²) < 4.78 is 38.7. The van der Waals surface area contributed by atoms with Crippen molar-refractivity contribution in [2.24, 2.45) is 5.92 Å². The van der Waals surface area contributed by atoms with Crippen molar-refractivity contribution in [3.05, 3.63) is 34.9 Å². The second-order valence-corrected chi connectivity index (χ2v) is 7.11. The van der Waals surface area contributed by atoms with Crippen LogP contribution in [0.4, 0.5) is 13.2 Å². The van der Waals surface area contributed by atoms with Gasteiger partial charge in [0.25, 0.3) is 0 Å². The predicted molar refractivity (Wildman–Crippen MR) is 92.6 cm³/mol. The van der Waals surface area contributed by atoms with Gasteiger partial charge in [-0.1, -0.05) is 30.2 Å². The molecule has 2 rings (SSSR count). The Morgan fingerprint density at radius 2 is 1.88 bits per heavy atom. The van der Waals surface area contributed by atoms with Gasteiger partial charge in [-0.05, 0) is 37.0 Å². The normalized spacial score (nSPS) is 21.7. The second kappa shape index (κ2) is 8.75. The highest BCUT2D eigenvalue weighted by atomic mass is 35.5. The summed E-state index contributed by atoms with van der Waals surface area (Å²) in [7, 11) is 0. The van der Waals surface area contributed by atoms with Gasteiger partial charge in [0.2, 0.25) is 11.8 Å². The molecule has 0 radical (unpaired) electrons. The molecule has 0 aliphatic heterocycles. The van der Waals surface area contributed by atoms with Gasteiger partial charge in [-0.2, -0.15) is 13.2 Å². The molecule has 1 aromatic rings. The molecule has 4 nitrogen and oxygen atoms in total. The largest absolute Gasteiger partial charge is 0.391 e. The Balaban J connectivity index is 1.98. The first kappa shape index (κ1) is 20.6. The molecule has 8 heteroatoms. The van der Waals surface area contributed by atoms with Crippen molar-refractivity contribution < 1.29 is 22.8 Å². The first-order chi connectivity index (χ1) is 12.1. The van der Waals surface area contributed by atoms with E-state index in [0.29, 0.717) is 23.4 Å². The van der Waals surface area contributed by atoms with E-state index in [9.17, 15) is 22.8 Å². The third-order valence-electron chi connectivity index (χ3n) is 4.54. The molecule has 3 unspecified atom stereocenters. The number of nitrogens with one attached hydrogen (secondary N) is 2. The molecule has 1 aromatic carbocycles. The van der Waals surface area contributed by atoms with Gasteiger partial charge < -0.3 is 10.6 Å². The van der Waals surface area contributed by atoms with Gasteiger partial charge in [0, 0.05) is 18.0 Å². The van der Waals surface area contributed by atoms with Crippen LogP contribution in [0, 0.1) is 5.92 Å². The summed E-state index contributed by atoms with van der Waals surface area (Å²) in [4.78, 5) is 23.8. The van der Waals surface area contributed by atoms with Crippen molar-refractivity contribution in [2.45, 2.75) is 57.3 Å². The maximum Gasteiger partial charge on any atom is 0.391 e. The van der Waals surface area contributed by atoms with Gasteiger partial charge in [0.1, 0.15) is 0 Å². The smallest absolute Gasteiger partial charge is 0.353 e. The molecule has 1 aliphatic rings. The van der Waals surface area contributed by atoms with Crippen LogP contribution in [0.25, 0.3) is 0 Å². The van der Waals surface area contributed by atoms with Crippen LogP contribution in [0.3, 0.4) is 0 Å².